The second-order valence-corrected chi connectivity index (χ2v) is 4.26. The van der Waals surface area contributed by atoms with Gasteiger partial charge in [-0.2, -0.15) is 0 Å². The molecule has 1 aliphatic heterocycles. The number of furan rings is 1. The van der Waals surface area contributed by atoms with Gasteiger partial charge in [0.05, 0.1) is 11.9 Å². The summed E-state index contributed by atoms with van der Waals surface area (Å²) in [6, 6.07) is 3.96. The van der Waals surface area contributed by atoms with Crippen LogP contribution in [0.2, 0.25) is 0 Å². The summed E-state index contributed by atoms with van der Waals surface area (Å²) in [6.07, 6.45) is 4.43. The minimum atomic E-state index is -0.700. The summed E-state index contributed by atoms with van der Waals surface area (Å²) in [5.41, 5.74) is -0.700. The Hall–Kier alpha value is -0.800. The minimum Gasteiger partial charge on any atom is -0.469 e. The van der Waals surface area contributed by atoms with E-state index < -0.39 is 5.60 Å². The summed E-state index contributed by atoms with van der Waals surface area (Å²) < 4.78 is 5.24. The Morgan fingerprint density at radius 1 is 1.71 bits per heavy atom. The summed E-state index contributed by atoms with van der Waals surface area (Å²) in [6.45, 7) is 2.89. The third kappa shape index (κ3) is 1.99. The molecule has 1 saturated heterocycles. The van der Waals surface area contributed by atoms with E-state index >= 15 is 0 Å². The lowest BCUT2D eigenvalue weighted by molar-refractivity contribution is 0.0217. The van der Waals surface area contributed by atoms with Crippen LogP contribution in [0.25, 0.3) is 0 Å². The molecule has 0 aliphatic carbocycles. The molecule has 2 heterocycles. The summed E-state index contributed by atoms with van der Waals surface area (Å²) in [5.74, 6) is 0.851. The van der Waals surface area contributed by atoms with E-state index in [1.807, 2.05) is 19.1 Å². The third-order valence-corrected chi connectivity index (χ3v) is 2.92. The van der Waals surface area contributed by atoms with Crippen molar-refractivity contribution in [3.63, 3.8) is 0 Å². The van der Waals surface area contributed by atoms with Crippen LogP contribution in [0.3, 0.4) is 0 Å². The summed E-state index contributed by atoms with van der Waals surface area (Å²) in [4.78, 5) is 0. The van der Waals surface area contributed by atoms with Gasteiger partial charge in [-0.15, -0.1) is 0 Å². The molecule has 1 fully saturated rings. The minimum absolute atomic E-state index is 0.201. The summed E-state index contributed by atoms with van der Waals surface area (Å²) >= 11 is 0. The average molecular weight is 195 g/mol. The molecule has 0 radical (unpaired) electrons. The molecule has 2 unspecified atom stereocenters. The van der Waals surface area contributed by atoms with Crippen LogP contribution in [0, 0.1) is 0 Å². The van der Waals surface area contributed by atoms with E-state index in [1.54, 1.807) is 6.26 Å². The Morgan fingerprint density at radius 2 is 2.57 bits per heavy atom. The number of hydrogen-bond acceptors (Lipinski definition) is 3. The van der Waals surface area contributed by atoms with Crippen molar-refractivity contribution in [2.45, 2.75) is 37.8 Å². The van der Waals surface area contributed by atoms with Crippen molar-refractivity contribution in [2.24, 2.45) is 0 Å². The fourth-order valence-electron chi connectivity index (χ4n) is 2.10. The van der Waals surface area contributed by atoms with Gasteiger partial charge in [0.1, 0.15) is 5.76 Å². The van der Waals surface area contributed by atoms with Crippen molar-refractivity contribution in [1.29, 1.82) is 0 Å². The van der Waals surface area contributed by atoms with E-state index in [9.17, 15) is 5.11 Å². The van der Waals surface area contributed by atoms with Crippen molar-refractivity contribution in [2.75, 3.05) is 6.54 Å². The summed E-state index contributed by atoms with van der Waals surface area (Å²) in [7, 11) is 0. The molecule has 0 bridgehead atoms. The van der Waals surface area contributed by atoms with E-state index in [1.165, 1.54) is 0 Å². The van der Waals surface area contributed by atoms with Gasteiger partial charge in [0.25, 0.3) is 0 Å². The average Bonchev–Trinajstić information content (AvgIpc) is 2.71. The Balaban J connectivity index is 2.00. The molecular weight excluding hydrogens is 178 g/mol. The largest absolute Gasteiger partial charge is 0.469 e. The van der Waals surface area contributed by atoms with Crippen LogP contribution in [0.5, 0.6) is 0 Å². The second-order valence-electron chi connectivity index (χ2n) is 4.26. The van der Waals surface area contributed by atoms with E-state index in [0.29, 0.717) is 6.42 Å². The predicted octanol–water partition coefficient (Wildman–Crippen LogP) is 1.33. The fraction of sp³-hybridized carbons (Fsp3) is 0.636. The van der Waals surface area contributed by atoms with E-state index in [-0.39, 0.29) is 6.04 Å². The van der Waals surface area contributed by atoms with E-state index in [4.69, 9.17) is 4.42 Å². The first kappa shape index (κ1) is 9.74. The van der Waals surface area contributed by atoms with Crippen LogP contribution < -0.4 is 5.32 Å². The normalized spacial score (nSPS) is 26.3. The van der Waals surface area contributed by atoms with Crippen molar-refractivity contribution >= 4 is 0 Å². The molecule has 3 nitrogen and oxygen atoms in total. The topological polar surface area (TPSA) is 45.4 Å². The Morgan fingerprint density at radius 3 is 3.14 bits per heavy atom. The molecule has 3 heteroatoms. The Bertz CT molecular complexity index is 273. The first-order chi connectivity index (χ1) is 6.68. The van der Waals surface area contributed by atoms with Crippen molar-refractivity contribution in [1.82, 2.24) is 5.32 Å². The number of aliphatic hydroxyl groups is 1. The maximum Gasteiger partial charge on any atom is 0.106 e. The lowest BCUT2D eigenvalue weighted by Gasteiger charge is -2.29. The highest BCUT2D eigenvalue weighted by Crippen LogP contribution is 2.23. The van der Waals surface area contributed by atoms with Crippen molar-refractivity contribution < 1.29 is 9.52 Å². The molecule has 1 aromatic rings. The molecule has 2 atom stereocenters. The molecule has 0 amide bonds. The number of hydrogen-bond donors (Lipinski definition) is 2. The van der Waals surface area contributed by atoms with Crippen LogP contribution in [0.15, 0.2) is 22.8 Å². The van der Waals surface area contributed by atoms with E-state index in [2.05, 4.69) is 5.32 Å². The first-order valence-corrected chi connectivity index (χ1v) is 5.17. The van der Waals surface area contributed by atoms with Crippen LogP contribution in [-0.4, -0.2) is 23.3 Å². The third-order valence-electron chi connectivity index (χ3n) is 2.92. The van der Waals surface area contributed by atoms with E-state index in [0.717, 1.165) is 25.1 Å². The molecule has 1 aliphatic rings. The molecular formula is C11H17NO2. The first-order valence-electron chi connectivity index (χ1n) is 5.17. The maximum absolute atomic E-state index is 10.3. The molecule has 2 N–H and O–H groups in total. The van der Waals surface area contributed by atoms with Gasteiger partial charge in [-0.3, -0.25) is 0 Å². The van der Waals surface area contributed by atoms with Crippen LogP contribution in [0.4, 0.5) is 0 Å². The highest BCUT2D eigenvalue weighted by molar-refractivity contribution is 5.05. The standard InChI is InChI=1S/C11H17NO2/c1-11(13,10-5-2-6-12-10)8-9-4-3-7-14-9/h3-4,7,10,12-13H,2,5-6,8H2,1H3. The van der Waals surface area contributed by atoms with Crippen LogP contribution >= 0.6 is 0 Å². The monoisotopic (exact) mass is 195 g/mol. The quantitative estimate of drug-likeness (QED) is 0.764. The fourth-order valence-corrected chi connectivity index (χ4v) is 2.10. The van der Waals surface area contributed by atoms with Gasteiger partial charge in [0.15, 0.2) is 0 Å². The molecule has 14 heavy (non-hydrogen) atoms. The lowest BCUT2D eigenvalue weighted by Crippen LogP contribution is -2.46. The molecule has 2 rings (SSSR count). The van der Waals surface area contributed by atoms with Crippen molar-refractivity contribution in [3.05, 3.63) is 24.2 Å². The molecule has 1 aromatic heterocycles. The van der Waals surface area contributed by atoms with Gasteiger partial charge in [-0.25, -0.2) is 0 Å². The SMILES string of the molecule is CC(O)(Cc1ccco1)C1CCCN1. The highest BCUT2D eigenvalue weighted by atomic mass is 16.3. The highest BCUT2D eigenvalue weighted by Gasteiger charge is 2.34. The van der Waals surface area contributed by atoms with Crippen LogP contribution in [-0.2, 0) is 6.42 Å². The van der Waals surface area contributed by atoms with Gasteiger partial charge >= 0.3 is 0 Å². The zero-order chi connectivity index (χ0) is 10.0. The number of rotatable bonds is 3. The molecule has 0 spiro atoms. The van der Waals surface area contributed by atoms with Gasteiger partial charge < -0.3 is 14.8 Å². The smallest absolute Gasteiger partial charge is 0.106 e. The van der Waals surface area contributed by atoms with Crippen molar-refractivity contribution in [3.8, 4) is 0 Å². The lowest BCUT2D eigenvalue weighted by atomic mass is 9.90. The molecule has 0 saturated carbocycles. The van der Waals surface area contributed by atoms with Gasteiger partial charge in [0, 0.05) is 12.5 Å². The number of nitrogens with one attached hydrogen (secondary N) is 1. The Labute approximate surface area is 84.1 Å². The second kappa shape index (κ2) is 3.75. The van der Waals surface area contributed by atoms with Crippen LogP contribution in [0.1, 0.15) is 25.5 Å². The van der Waals surface area contributed by atoms with Gasteiger partial charge in [-0.1, -0.05) is 0 Å². The summed E-state index contributed by atoms with van der Waals surface area (Å²) in [5, 5.41) is 13.6. The maximum atomic E-state index is 10.3. The Kier molecular flexibility index (Phi) is 2.61. The van der Waals surface area contributed by atoms with Gasteiger partial charge in [-0.05, 0) is 38.4 Å². The predicted molar refractivity (Wildman–Crippen MR) is 54.1 cm³/mol. The van der Waals surface area contributed by atoms with Gasteiger partial charge in [0.2, 0.25) is 0 Å². The molecule has 78 valence electrons. The zero-order valence-electron chi connectivity index (χ0n) is 8.49. The molecule has 0 aromatic carbocycles. The zero-order valence-corrected chi connectivity index (χ0v) is 8.49.